The van der Waals surface area contributed by atoms with Crippen LogP contribution in [0.25, 0.3) is 16.6 Å². The lowest BCUT2D eigenvalue weighted by atomic mass is 10.1. The summed E-state index contributed by atoms with van der Waals surface area (Å²) in [5.41, 5.74) is 3.40. The number of fused-ring (bicyclic) bond motifs is 3. The van der Waals surface area contributed by atoms with Crippen molar-refractivity contribution in [3.63, 3.8) is 0 Å². The summed E-state index contributed by atoms with van der Waals surface area (Å²) in [5.74, 6) is 2.28. The third-order valence-corrected chi connectivity index (χ3v) is 6.21. The Labute approximate surface area is 200 Å². The number of nitrogens with one attached hydrogen (secondary N) is 1. The number of carbonyl (C=O) groups is 1. The Morgan fingerprint density at radius 1 is 0.941 bits per heavy atom. The Balaban J connectivity index is 1.28. The van der Waals surface area contributed by atoms with Gasteiger partial charge >= 0.3 is 0 Å². The van der Waals surface area contributed by atoms with Crippen molar-refractivity contribution in [3.05, 3.63) is 84.4 Å². The molecule has 5 rings (SSSR count). The van der Waals surface area contributed by atoms with Crippen LogP contribution in [-0.4, -0.2) is 33.4 Å². The molecule has 5 aromatic rings. The molecule has 0 aliphatic heterocycles. The minimum atomic E-state index is -0.131. The average molecular weight is 471 g/mol. The second kappa shape index (κ2) is 9.44. The Kier molecular flexibility index (Phi) is 6.05. The number of aromatic nitrogens is 3. The van der Waals surface area contributed by atoms with Gasteiger partial charge in [0.1, 0.15) is 17.2 Å². The first-order valence-corrected chi connectivity index (χ1v) is 11.7. The van der Waals surface area contributed by atoms with Crippen LogP contribution in [0.2, 0.25) is 0 Å². The predicted octanol–water partition coefficient (Wildman–Crippen LogP) is 5.72. The van der Waals surface area contributed by atoms with E-state index in [4.69, 9.17) is 9.47 Å². The Hall–Kier alpha value is -4.04. The predicted molar refractivity (Wildman–Crippen MR) is 134 cm³/mol. The molecule has 1 N–H and O–H groups in total. The second-order valence-electron chi connectivity index (χ2n) is 7.67. The number of hydrogen-bond acceptors (Lipinski definition) is 6. The molecule has 0 aliphatic rings. The van der Waals surface area contributed by atoms with Crippen molar-refractivity contribution in [2.75, 3.05) is 18.2 Å². The standard InChI is InChI=1S/C26H22N4O3S/c1-17-14-18-8-11-22(32-2)15-23(18)30-25(17)28-29-26(30)34-16-24(31)27-19-9-12-21(13-10-19)33-20-6-4-3-5-7-20/h3-15H,16H2,1-2H3,(H,27,31). The van der Waals surface area contributed by atoms with Gasteiger partial charge in [0.15, 0.2) is 10.8 Å². The van der Waals surface area contributed by atoms with Gasteiger partial charge < -0.3 is 14.8 Å². The van der Waals surface area contributed by atoms with E-state index in [9.17, 15) is 4.79 Å². The van der Waals surface area contributed by atoms with Crippen LogP contribution in [0.1, 0.15) is 5.56 Å². The maximum Gasteiger partial charge on any atom is 0.234 e. The molecule has 0 unspecified atom stereocenters. The highest BCUT2D eigenvalue weighted by Gasteiger charge is 2.14. The quantitative estimate of drug-likeness (QED) is 0.307. The van der Waals surface area contributed by atoms with Gasteiger partial charge in [-0.1, -0.05) is 30.0 Å². The van der Waals surface area contributed by atoms with Gasteiger partial charge in [-0.15, -0.1) is 10.2 Å². The lowest BCUT2D eigenvalue weighted by Gasteiger charge is -2.09. The zero-order valence-corrected chi connectivity index (χ0v) is 19.5. The van der Waals surface area contributed by atoms with Gasteiger partial charge in [0.05, 0.1) is 18.4 Å². The normalized spacial score (nSPS) is 11.0. The van der Waals surface area contributed by atoms with Gasteiger partial charge in [-0.2, -0.15) is 0 Å². The number of para-hydroxylation sites is 1. The fraction of sp³-hybridized carbons (Fsp3) is 0.115. The minimum Gasteiger partial charge on any atom is -0.497 e. The van der Waals surface area contributed by atoms with Crippen LogP contribution in [0, 0.1) is 6.92 Å². The Morgan fingerprint density at radius 2 is 1.68 bits per heavy atom. The van der Waals surface area contributed by atoms with Crippen LogP contribution >= 0.6 is 11.8 Å². The Bertz CT molecular complexity index is 1470. The van der Waals surface area contributed by atoms with Gasteiger partial charge in [-0.3, -0.25) is 9.20 Å². The number of methoxy groups -OCH3 is 1. The van der Waals surface area contributed by atoms with Gasteiger partial charge in [-0.25, -0.2) is 0 Å². The van der Waals surface area contributed by atoms with E-state index in [1.807, 2.05) is 84.1 Å². The Morgan fingerprint density at radius 3 is 2.44 bits per heavy atom. The molecule has 0 bridgehead atoms. The fourth-order valence-corrected chi connectivity index (χ4v) is 4.40. The molecular weight excluding hydrogens is 448 g/mol. The number of amides is 1. The third-order valence-electron chi connectivity index (χ3n) is 5.29. The lowest BCUT2D eigenvalue weighted by Crippen LogP contribution is -2.14. The zero-order valence-electron chi connectivity index (χ0n) is 18.7. The number of pyridine rings is 1. The maximum absolute atomic E-state index is 12.6. The second-order valence-corrected chi connectivity index (χ2v) is 8.61. The molecule has 34 heavy (non-hydrogen) atoms. The van der Waals surface area contributed by atoms with Crippen LogP contribution < -0.4 is 14.8 Å². The molecule has 8 heteroatoms. The highest BCUT2D eigenvalue weighted by atomic mass is 32.2. The van der Waals surface area contributed by atoms with Crippen molar-refractivity contribution in [2.24, 2.45) is 0 Å². The van der Waals surface area contributed by atoms with Crippen LogP contribution in [0.4, 0.5) is 5.69 Å². The van der Waals surface area contributed by atoms with E-state index in [2.05, 4.69) is 21.6 Å². The number of carbonyl (C=O) groups excluding carboxylic acids is 1. The summed E-state index contributed by atoms with van der Waals surface area (Å²) in [6.07, 6.45) is 0. The summed E-state index contributed by atoms with van der Waals surface area (Å²) < 4.78 is 13.2. The van der Waals surface area contributed by atoms with E-state index < -0.39 is 0 Å². The molecule has 0 saturated carbocycles. The molecule has 0 radical (unpaired) electrons. The number of nitrogens with zero attached hydrogens (tertiary/aromatic N) is 3. The first kappa shape index (κ1) is 21.8. The molecule has 0 aliphatic carbocycles. The van der Waals surface area contributed by atoms with Crippen molar-refractivity contribution in [1.29, 1.82) is 0 Å². The number of ether oxygens (including phenoxy) is 2. The fourth-order valence-electron chi connectivity index (χ4n) is 3.66. The van der Waals surface area contributed by atoms with Crippen LogP contribution in [0.5, 0.6) is 17.2 Å². The zero-order chi connectivity index (χ0) is 23.5. The number of anilines is 1. The summed E-state index contributed by atoms with van der Waals surface area (Å²) >= 11 is 1.34. The number of hydrogen-bond donors (Lipinski definition) is 1. The largest absolute Gasteiger partial charge is 0.497 e. The van der Waals surface area contributed by atoms with Crippen molar-refractivity contribution in [3.8, 4) is 17.2 Å². The summed E-state index contributed by atoms with van der Waals surface area (Å²) in [5, 5.41) is 13.3. The van der Waals surface area contributed by atoms with Crippen LogP contribution in [0.3, 0.4) is 0 Å². The lowest BCUT2D eigenvalue weighted by molar-refractivity contribution is -0.113. The first-order chi connectivity index (χ1) is 16.6. The summed E-state index contributed by atoms with van der Waals surface area (Å²) in [7, 11) is 1.64. The van der Waals surface area contributed by atoms with Gasteiger partial charge in [0.25, 0.3) is 0 Å². The molecule has 170 valence electrons. The van der Waals surface area contributed by atoms with Gasteiger partial charge in [0, 0.05) is 11.8 Å². The van der Waals surface area contributed by atoms with Crippen molar-refractivity contribution >= 4 is 39.9 Å². The summed E-state index contributed by atoms with van der Waals surface area (Å²) in [6, 6.07) is 24.8. The van der Waals surface area contributed by atoms with E-state index in [1.54, 1.807) is 7.11 Å². The number of benzene rings is 3. The van der Waals surface area contributed by atoms with Gasteiger partial charge in [0.2, 0.25) is 5.91 Å². The van der Waals surface area contributed by atoms with E-state index in [1.165, 1.54) is 11.8 Å². The van der Waals surface area contributed by atoms with Crippen molar-refractivity contribution in [1.82, 2.24) is 14.6 Å². The molecule has 0 saturated heterocycles. The number of rotatable bonds is 7. The van der Waals surface area contributed by atoms with Crippen molar-refractivity contribution in [2.45, 2.75) is 12.1 Å². The average Bonchev–Trinajstić information content (AvgIpc) is 3.30. The van der Waals surface area contributed by atoms with E-state index in [0.29, 0.717) is 16.6 Å². The minimum absolute atomic E-state index is 0.131. The van der Waals surface area contributed by atoms with Crippen LogP contribution in [-0.2, 0) is 4.79 Å². The summed E-state index contributed by atoms with van der Waals surface area (Å²) in [4.78, 5) is 12.6. The topological polar surface area (TPSA) is 77.8 Å². The number of thioether (sulfide) groups is 1. The number of aryl methyl sites for hydroxylation is 1. The molecule has 2 aromatic heterocycles. The van der Waals surface area contributed by atoms with E-state index in [-0.39, 0.29) is 11.7 Å². The highest BCUT2D eigenvalue weighted by Crippen LogP contribution is 2.28. The highest BCUT2D eigenvalue weighted by molar-refractivity contribution is 7.99. The SMILES string of the molecule is COc1ccc2cc(C)c3nnc(SCC(=O)Nc4ccc(Oc5ccccc5)cc4)n3c2c1. The molecule has 0 atom stereocenters. The molecule has 3 aromatic carbocycles. The van der Waals surface area contributed by atoms with E-state index >= 15 is 0 Å². The molecular formula is C26H22N4O3S. The molecule has 7 nitrogen and oxygen atoms in total. The third kappa shape index (κ3) is 4.53. The smallest absolute Gasteiger partial charge is 0.234 e. The summed E-state index contributed by atoms with van der Waals surface area (Å²) in [6.45, 7) is 2.00. The molecule has 1 amide bonds. The monoisotopic (exact) mass is 470 g/mol. The van der Waals surface area contributed by atoms with Crippen LogP contribution in [0.15, 0.2) is 84.0 Å². The molecule has 0 fully saturated rings. The molecule has 2 heterocycles. The van der Waals surface area contributed by atoms with Gasteiger partial charge in [-0.05, 0) is 72.5 Å². The molecule has 0 spiro atoms. The first-order valence-electron chi connectivity index (χ1n) is 10.7. The van der Waals surface area contributed by atoms with E-state index in [0.717, 1.165) is 33.6 Å². The van der Waals surface area contributed by atoms with Crippen molar-refractivity contribution < 1.29 is 14.3 Å². The maximum atomic E-state index is 12.6.